The first-order valence-corrected chi connectivity index (χ1v) is 5.86. The minimum atomic E-state index is -0.829. The number of nitrogens with one attached hydrogen (secondary N) is 1. The fourth-order valence-electron chi connectivity index (χ4n) is 1.36. The van der Waals surface area contributed by atoms with Crippen LogP contribution in [0.1, 0.15) is 30.6 Å². The van der Waals surface area contributed by atoms with Crippen molar-refractivity contribution < 1.29 is 15.0 Å². The molecule has 0 spiro atoms. The third-order valence-corrected chi connectivity index (χ3v) is 3.35. The zero-order chi connectivity index (χ0) is 13.9. The number of carbonyl (C=O) groups is 1. The Hall–Kier alpha value is -1.82. The van der Waals surface area contributed by atoms with Crippen molar-refractivity contribution in [3.8, 4) is 11.5 Å². The number of hydrogen-bond donors (Lipinski definition) is 4. The molecule has 5 nitrogen and oxygen atoms in total. The molecule has 1 atom stereocenters. The van der Waals surface area contributed by atoms with Crippen LogP contribution in [0.4, 0.5) is 0 Å². The van der Waals surface area contributed by atoms with Gasteiger partial charge >= 0.3 is 0 Å². The quantitative estimate of drug-likeness (QED) is 0.487. The van der Waals surface area contributed by atoms with Crippen molar-refractivity contribution in [1.82, 2.24) is 5.32 Å². The molecule has 0 aliphatic rings. The largest absolute Gasteiger partial charge is 0.504 e. The Morgan fingerprint density at radius 3 is 2.61 bits per heavy atom. The highest BCUT2D eigenvalue weighted by Gasteiger charge is 2.29. The summed E-state index contributed by atoms with van der Waals surface area (Å²) in [6.07, 6.45) is 0.521. The molecule has 1 aromatic carbocycles. The summed E-state index contributed by atoms with van der Waals surface area (Å²) in [6.45, 7) is 3.54. The van der Waals surface area contributed by atoms with Gasteiger partial charge in [0.05, 0.1) is 16.1 Å². The molecule has 1 aromatic rings. The molecule has 1 rings (SSSR count). The van der Waals surface area contributed by atoms with Gasteiger partial charge in [0, 0.05) is 0 Å². The summed E-state index contributed by atoms with van der Waals surface area (Å²) in [5.74, 6) is -1.35. The van der Waals surface area contributed by atoms with Gasteiger partial charge in [-0.15, -0.1) is 0 Å². The zero-order valence-corrected chi connectivity index (χ0v) is 11.0. The molecule has 1 amide bonds. The molecule has 0 radical (unpaired) electrons. The molecular weight excluding hydrogens is 252 g/mol. The Morgan fingerprint density at radius 2 is 2.11 bits per heavy atom. The van der Waals surface area contributed by atoms with Gasteiger partial charge in [0.2, 0.25) is 0 Å². The number of benzene rings is 1. The summed E-state index contributed by atoms with van der Waals surface area (Å²) in [4.78, 5) is 12.2. The molecule has 0 saturated carbocycles. The topological polar surface area (TPSA) is 95.6 Å². The lowest BCUT2D eigenvalue weighted by Gasteiger charge is -2.28. The number of aromatic hydroxyl groups is 2. The van der Waals surface area contributed by atoms with Crippen molar-refractivity contribution >= 4 is 23.1 Å². The normalized spacial score (nSPS) is 13.7. The Bertz CT molecular complexity index is 490. The third-order valence-electron chi connectivity index (χ3n) is 2.90. The minimum absolute atomic E-state index is 0.0223. The van der Waals surface area contributed by atoms with Crippen LogP contribution in [0.3, 0.4) is 0 Å². The van der Waals surface area contributed by atoms with E-state index in [1.165, 1.54) is 18.2 Å². The molecule has 5 N–H and O–H groups in total. The van der Waals surface area contributed by atoms with E-state index in [1.54, 1.807) is 6.92 Å². The van der Waals surface area contributed by atoms with E-state index in [0.29, 0.717) is 6.42 Å². The molecular formula is C12H16N2O3S. The minimum Gasteiger partial charge on any atom is -0.504 e. The first kappa shape index (κ1) is 14.2. The summed E-state index contributed by atoms with van der Waals surface area (Å²) in [6, 6.07) is 4.16. The van der Waals surface area contributed by atoms with Gasteiger partial charge in [0.1, 0.15) is 0 Å². The molecule has 0 heterocycles. The van der Waals surface area contributed by atoms with Gasteiger partial charge < -0.3 is 21.3 Å². The number of carbonyl (C=O) groups excluding carboxylic acids is 1. The average molecular weight is 268 g/mol. The SMILES string of the molecule is CCC(C)(NC(=O)c1cccc(O)c1O)C(N)=S. The van der Waals surface area contributed by atoms with Crippen LogP contribution in [0.15, 0.2) is 18.2 Å². The van der Waals surface area contributed by atoms with Gasteiger partial charge in [-0.3, -0.25) is 4.79 Å². The summed E-state index contributed by atoms with van der Waals surface area (Å²) >= 11 is 4.91. The van der Waals surface area contributed by atoms with Gasteiger partial charge in [-0.1, -0.05) is 25.2 Å². The van der Waals surface area contributed by atoms with Crippen molar-refractivity contribution in [2.75, 3.05) is 0 Å². The Labute approximate surface area is 111 Å². The number of hydrogen-bond acceptors (Lipinski definition) is 4. The lowest BCUT2D eigenvalue weighted by atomic mass is 9.98. The molecule has 1 unspecified atom stereocenters. The van der Waals surface area contributed by atoms with Crippen LogP contribution < -0.4 is 11.1 Å². The fourth-order valence-corrected chi connectivity index (χ4v) is 1.55. The van der Waals surface area contributed by atoms with Gasteiger partial charge in [-0.2, -0.15) is 0 Å². The number of rotatable bonds is 4. The van der Waals surface area contributed by atoms with E-state index in [0.717, 1.165) is 0 Å². The molecule has 0 aromatic heterocycles. The van der Waals surface area contributed by atoms with Crippen LogP contribution in [0.2, 0.25) is 0 Å². The van der Waals surface area contributed by atoms with E-state index in [1.807, 2.05) is 6.92 Å². The van der Waals surface area contributed by atoms with Crippen molar-refractivity contribution in [2.45, 2.75) is 25.8 Å². The first-order chi connectivity index (χ1) is 8.31. The molecule has 0 saturated heterocycles. The molecule has 0 aliphatic heterocycles. The number of phenolic OH excluding ortho intramolecular Hbond substituents is 2. The Kier molecular flexibility index (Phi) is 4.13. The number of thiocarbonyl (C=S) groups is 1. The second kappa shape index (κ2) is 5.22. The van der Waals surface area contributed by atoms with Gasteiger partial charge in [0.25, 0.3) is 5.91 Å². The van der Waals surface area contributed by atoms with Crippen molar-refractivity contribution in [3.05, 3.63) is 23.8 Å². The molecule has 18 heavy (non-hydrogen) atoms. The molecule has 6 heteroatoms. The maximum absolute atomic E-state index is 12.0. The predicted molar refractivity (Wildman–Crippen MR) is 72.7 cm³/mol. The van der Waals surface area contributed by atoms with Crippen molar-refractivity contribution in [3.63, 3.8) is 0 Å². The molecule has 0 aliphatic carbocycles. The van der Waals surface area contributed by atoms with Crippen molar-refractivity contribution in [2.24, 2.45) is 5.73 Å². The van der Waals surface area contributed by atoms with Crippen LogP contribution >= 0.6 is 12.2 Å². The monoisotopic (exact) mass is 268 g/mol. The van der Waals surface area contributed by atoms with Crippen molar-refractivity contribution in [1.29, 1.82) is 0 Å². The average Bonchev–Trinajstić information content (AvgIpc) is 2.32. The maximum atomic E-state index is 12.0. The third kappa shape index (κ3) is 2.70. The van der Waals surface area contributed by atoms with Crippen LogP contribution in [0.25, 0.3) is 0 Å². The van der Waals surface area contributed by atoms with Gasteiger partial charge in [0.15, 0.2) is 11.5 Å². The van der Waals surface area contributed by atoms with Gasteiger partial charge in [-0.25, -0.2) is 0 Å². The lowest BCUT2D eigenvalue weighted by Crippen LogP contribution is -2.54. The Morgan fingerprint density at radius 1 is 1.50 bits per heavy atom. The second-order valence-corrected chi connectivity index (χ2v) is 4.62. The highest BCUT2D eigenvalue weighted by molar-refractivity contribution is 7.80. The molecule has 0 bridgehead atoms. The second-order valence-electron chi connectivity index (χ2n) is 4.18. The van der Waals surface area contributed by atoms with E-state index in [9.17, 15) is 15.0 Å². The number of nitrogens with two attached hydrogens (primary N) is 1. The highest BCUT2D eigenvalue weighted by atomic mass is 32.1. The molecule has 98 valence electrons. The van der Waals surface area contributed by atoms with Gasteiger partial charge in [-0.05, 0) is 25.5 Å². The Balaban J connectivity index is 3.02. The number of amides is 1. The first-order valence-electron chi connectivity index (χ1n) is 5.45. The smallest absolute Gasteiger partial charge is 0.255 e. The van der Waals surface area contributed by atoms with Crippen LogP contribution in [-0.4, -0.2) is 26.6 Å². The standard InChI is InChI=1S/C12H16N2O3S/c1-3-12(2,11(13)18)14-10(17)7-5-4-6-8(15)9(7)16/h4-6,15-16H,3H2,1-2H3,(H2,13,18)(H,14,17). The maximum Gasteiger partial charge on any atom is 0.255 e. The van der Waals surface area contributed by atoms with E-state index in [2.05, 4.69) is 5.32 Å². The summed E-state index contributed by atoms with van der Waals surface area (Å²) < 4.78 is 0. The highest BCUT2D eigenvalue weighted by Crippen LogP contribution is 2.28. The van der Waals surface area contributed by atoms with Crippen LogP contribution in [0.5, 0.6) is 11.5 Å². The van der Waals surface area contributed by atoms with E-state index in [4.69, 9.17) is 18.0 Å². The van der Waals surface area contributed by atoms with Crippen LogP contribution in [-0.2, 0) is 0 Å². The number of phenols is 2. The molecule has 0 fully saturated rings. The fraction of sp³-hybridized carbons (Fsp3) is 0.333. The number of para-hydroxylation sites is 1. The summed E-state index contributed by atoms with van der Waals surface area (Å²) in [7, 11) is 0. The predicted octanol–water partition coefficient (Wildman–Crippen LogP) is 1.28. The van der Waals surface area contributed by atoms with E-state index < -0.39 is 17.2 Å². The van der Waals surface area contributed by atoms with Crippen LogP contribution in [0, 0.1) is 0 Å². The van der Waals surface area contributed by atoms with E-state index in [-0.39, 0.29) is 16.3 Å². The summed E-state index contributed by atoms with van der Waals surface area (Å²) in [5.41, 5.74) is 4.73. The van der Waals surface area contributed by atoms with E-state index >= 15 is 0 Å². The lowest BCUT2D eigenvalue weighted by molar-refractivity contribution is 0.0923. The summed E-state index contributed by atoms with van der Waals surface area (Å²) in [5, 5.41) is 21.6. The zero-order valence-electron chi connectivity index (χ0n) is 10.2.